The minimum atomic E-state index is -1.08. The van der Waals surface area contributed by atoms with Crippen molar-refractivity contribution in [1.29, 1.82) is 0 Å². The Balaban J connectivity index is 2.14. The van der Waals surface area contributed by atoms with Gasteiger partial charge in [0.25, 0.3) is 0 Å². The first-order valence-corrected chi connectivity index (χ1v) is 10.1. The lowest BCUT2D eigenvalue weighted by atomic mass is 9.98. The van der Waals surface area contributed by atoms with Crippen molar-refractivity contribution in [2.75, 3.05) is 0 Å². The third-order valence-corrected chi connectivity index (χ3v) is 4.90. The second kappa shape index (κ2) is 10.6. The minimum Gasteiger partial charge on any atom is -0.480 e. The van der Waals surface area contributed by atoms with Crippen LogP contribution in [0.15, 0.2) is 42.5 Å². The maximum absolute atomic E-state index is 11.7. The second-order valence-corrected chi connectivity index (χ2v) is 8.43. The highest BCUT2D eigenvalue weighted by Crippen LogP contribution is 2.22. The largest absolute Gasteiger partial charge is 0.480 e. The molecule has 0 radical (unpaired) electrons. The number of nitrogens with one attached hydrogen (secondary N) is 1. The molecule has 0 fully saturated rings. The van der Waals surface area contributed by atoms with E-state index in [2.05, 4.69) is 5.32 Å². The van der Waals surface area contributed by atoms with Gasteiger partial charge in [-0.1, -0.05) is 61.3 Å². The lowest BCUT2D eigenvalue weighted by molar-refractivity contribution is -0.142. The highest BCUT2D eigenvalue weighted by atomic mass is 35.5. The highest BCUT2D eigenvalue weighted by molar-refractivity contribution is 6.34. The van der Waals surface area contributed by atoms with Crippen LogP contribution in [-0.2, 0) is 22.4 Å². The summed E-state index contributed by atoms with van der Waals surface area (Å²) in [5.41, 5.74) is 2.75. The summed E-state index contributed by atoms with van der Waals surface area (Å²) in [5.74, 6) is -1.99. The number of halogens is 2. The fourth-order valence-electron chi connectivity index (χ4n) is 3.22. The van der Waals surface area contributed by atoms with E-state index in [1.54, 1.807) is 6.07 Å². The van der Waals surface area contributed by atoms with Gasteiger partial charge in [-0.05, 0) is 60.1 Å². The Hall–Kier alpha value is -2.08. The molecular weight excluding hydrogens is 413 g/mol. The van der Waals surface area contributed by atoms with Gasteiger partial charge in [-0.3, -0.25) is 14.9 Å². The summed E-state index contributed by atoms with van der Waals surface area (Å²) >= 11 is 12.1. The maximum atomic E-state index is 11.7. The minimum absolute atomic E-state index is 0.130. The van der Waals surface area contributed by atoms with Gasteiger partial charge in [0.05, 0.1) is 0 Å². The zero-order valence-electron chi connectivity index (χ0n) is 16.4. The molecule has 7 heteroatoms. The van der Waals surface area contributed by atoms with E-state index < -0.39 is 24.0 Å². The molecule has 29 heavy (non-hydrogen) atoms. The fourth-order valence-corrected chi connectivity index (χ4v) is 3.79. The Kier molecular flexibility index (Phi) is 8.50. The van der Waals surface area contributed by atoms with Crippen LogP contribution in [0, 0.1) is 5.92 Å². The van der Waals surface area contributed by atoms with Crippen molar-refractivity contribution < 1.29 is 19.8 Å². The molecule has 0 aliphatic rings. The molecule has 0 aromatic heterocycles. The van der Waals surface area contributed by atoms with Gasteiger partial charge in [0, 0.05) is 10.0 Å². The van der Waals surface area contributed by atoms with Gasteiger partial charge in [0.1, 0.15) is 12.1 Å². The zero-order valence-corrected chi connectivity index (χ0v) is 17.9. The molecule has 2 aromatic rings. The first kappa shape index (κ1) is 23.2. The van der Waals surface area contributed by atoms with E-state index in [1.807, 2.05) is 50.2 Å². The summed E-state index contributed by atoms with van der Waals surface area (Å²) in [6, 6.07) is 11.0. The molecule has 0 saturated carbocycles. The van der Waals surface area contributed by atoms with Crippen molar-refractivity contribution in [2.24, 2.45) is 5.92 Å². The van der Waals surface area contributed by atoms with E-state index >= 15 is 0 Å². The first-order chi connectivity index (χ1) is 13.6. The monoisotopic (exact) mass is 437 g/mol. The average molecular weight is 438 g/mol. The molecule has 0 saturated heterocycles. The maximum Gasteiger partial charge on any atom is 0.321 e. The topological polar surface area (TPSA) is 86.6 Å². The molecule has 5 nitrogen and oxygen atoms in total. The molecular formula is C22H25Cl2NO4. The van der Waals surface area contributed by atoms with Crippen LogP contribution >= 0.6 is 23.2 Å². The van der Waals surface area contributed by atoms with Gasteiger partial charge in [0.15, 0.2) is 0 Å². The van der Waals surface area contributed by atoms with Gasteiger partial charge in [-0.25, -0.2) is 0 Å². The van der Waals surface area contributed by atoms with Crippen LogP contribution in [0.3, 0.4) is 0 Å². The number of hydrogen-bond acceptors (Lipinski definition) is 3. The van der Waals surface area contributed by atoms with Crippen LogP contribution in [0.5, 0.6) is 0 Å². The average Bonchev–Trinajstić information content (AvgIpc) is 2.59. The highest BCUT2D eigenvalue weighted by Gasteiger charge is 2.26. The van der Waals surface area contributed by atoms with Crippen molar-refractivity contribution in [3.63, 3.8) is 0 Å². The molecule has 0 bridgehead atoms. The molecule has 2 atom stereocenters. The summed E-state index contributed by atoms with van der Waals surface area (Å²) in [5, 5.41) is 22.9. The van der Waals surface area contributed by atoms with E-state index in [9.17, 15) is 19.8 Å². The molecule has 0 amide bonds. The summed E-state index contributed by atoms with van der Waals surface area (Å²) in [4.78, 5) is 23.2. The van der Waals surface area contributed by atoms with Gasteiger partial charge in [-0.15, -0.1) is 0 Å². The lowest BCUT2D eigenvalue weighted by Gasteiger charge is -2.22. The van der Waals surface area contributed by atoms with Gasteiger partial charge >= 0.3 is 11.9 Å². The Labute approximate surface area is 180 Å². The number of aliphatic carboxylic acids is 2. The molecule has 0 heterocycles. The first-order valence-electron chi connectivity index (χ1n) is 9.38. The molecule has 3 N–H and O–H groups in total. The number of carboxylic acid groups (broad SMARTS) is 2. The molecule has 0 spiro atoms. The summed E-state index contributed by atoms with van der Waals surface area (Å²) in [7, 11) is 0. The second-order valence-electron chi connectivity index (χ2n) is 7.56. The summed E-state index contributed by atoms with van der Waals surface area (Å²) in [6.07, 6.45) is 1.14. The third kappa shape index (κ3) is 7.69. The number of hydrogen-bond donors (Lipinski definition) is 3. The standard InChI is InChI=1S/C22H25Cl2NO4/c1-13(2)6-19(21(26)27)25-20(22(28)29)11-15-5-3-4-14(7-15)8-16-9-17(23)12-18(24)10-16/h3-5,7,9-10,12-13,19-20,25H,6,8,11H2,1-2H3,(H,26,27)(H,28,29). The predicted molar refractivity (Wildman–Crippen MR) is 115 cm³/mol. The molecule has 2 rings (SSSR count). The lowest BCUT2D eigenvalue weighted by Crippen LogP contribution is -2.48. The van der Waals surface area contributed by atoms with Crippen LogP contribution in [0.4, 0.5) is 0 Å². The number of carboxylic acids is 2. The quantitative estimate of drug-likeness (QED) is 0.502. The van der Waals surface area contributed by atoms with Crippen molar-refractivity contribution in [2.45, 2.75) is 45.2 Å². The van der Waals surface area contributed by atoms with Crippen LogP contribution in [0.2, 0.25) is 10.0 Å². The van der Waals surface area contributed by atoms with E-state index in [0.29, 0.717) is 22.9 Å². The van der Waals surface area contributed by atoms with Crippen molar-refractivity contribution >= 4 is 35.1 Å². The third-order valence-electron chi connectivity index (χ3n) is 4.47. The summed E-state index contributed by atoms with van der Waals surface area (Å²) in [6.45, 7) is 3.80. The van der Waals surface area contributed by atoms with Crippen LogP contribution in [-0.4, -0.2) is 34.2 Å². The number of rotatable bonds is 10. The zero-order chi connectivity index (χ0) is 21.6. The van der Waals surface area contributed by atoms with Crippen molar-refractivity contribution in [3.8, 4) is 0 Å². The Morgan fingerprint density at radius 3 is 2.03 bits per heavy atom. The van der Waals surface area contributed by atoms with Gasteiger partial charge in [-0.2, -0.15) is 0 Å². The SMILES string of the molecule is CC(C)CC(NC(Cc1cccc(Cc2cc(Cl)cc(Cl)c2)c1)C(=O)O)C(=O)O. The smallest absolute Gasteiger partial charge is 0.321 e. The van der Waals surface area contributed by atoms with Crippen molar-refractivity contribution in [1.82, 2.24) is 5.32 Å². The van der Waals surface area contributed by atoms with Crippen LogP contribution in [0.25, 0.3) is 0 Å². The number of benzene rings is 2. The van der Waals surface area contributed by atoms with Crippen LogP contribution in [0.1, 0.15) is 37.0 Å². The molecule has 0 aliphatic heterocycles. The van der Waals surface area contributed by atoms with E-state index in [0.717, 1.165) is 16.7 Å². The molecule has 2 aromatic carbocycles. The van der Waals surface area contributed by atoms with Crippen molar-refractivity contribution in [3.05, 3.63) is 69.2 Å². The molecule has 0 aliphatic carbocycles. The Morgan fingerprint density at radius 1 is 0.897 bits per heavy atom. The molecule has 2 unspecified atom stereocenters. The summed E-state index contributed by atoms with van der Waals surface area (Å²) < 4.78 is 0. The normalized spacial score (nSPS) is 13.3. The van der Waals surface area contributed by atoms with Gasteiger partial charge in [0.2, 0.25) is 0 Å². The Morgan fingerprint density at radius 2 is 1.48 bits per heavy atom. The Bertz CT molecular complexity index is 849. The van der Waals surface area contributed by atoms with E-state index in [4.69, 9.17) is 23.2 Å². The molecule has 156 valence electrons. The van der Waals surface area contributed by atoms with Crippen LogP contribution < -0.4 is 5.32 Å². The number of carbonyl (C=O) groups is 2. The predicted octanol–water partition coefficient (Wildman–Crippen LogP) is 4.67. The fraction of sp³-hybridized carbons (Fsp3) is 0.364. The van der Waals surface area contributed by atoms with E-state index in [-0.39, 0.29) is 12.3 Å². The van der Waals surface area contributed by atoms with Gasteiger partial charge < -0.3 is 10.2 Å². The van der Waals surface area contributed by atoms with E-state index in [1.165, 1.54) is 0 Å².